The van der Waals surface area contributed by atoms with E-state index in [2.05, 4.69) is 70.8 Å². The van der Waals surface area contributed by atoms with Crippen molar-refractivity contribution in [3.05, 3.63) is 35.4 Å². The first-order valence-corrected chi connectivity index (χ1v) is 8.34. The molecule has 0 aliphatic rings. The van der Waals surface area contributed by atoms with E-state index in [9.17, 15) is 0 Å². The second kappa shape index (κ2) is 8.55. The monoisotopic (exact) mass is 290 g/mol. The molecule has 2 heteroatoms. The van der Waals surface area contributed by atoms with Gasteiger partial charge in [-0.15, -0.1) is 0 Å². The molecule has 0 radical (unpaired) electrons. The van der Waals surface area contributed by atoms with Crippen molar-refractivity contribution >= 4 is 0 Å². The maximum absolute atomic E-state index is 6.37. The van der Waals surface area contributed by atoms with Gasteiger partial charge >= 0.3 is 0 Å². The molecule has 0 saturated heterocycles. The number of hydrogen-bond donors (Lipinski definition) is 1. The number of rotatable bonds is 8. The lowest BCUT2D eigenvalue weighted by Crippen LogP contribution is -2.36. The number of likely N-dealkylation sites (N-methyl/N-ethyl adjacent to an activating group) is 1. The molecule has 2 unspecified atom stereocenters. The molecule has 0 spiro atoms. The van der Waals surface area contributed by atoms with Crippen molar-refractivity contribution in [1.29, 1.82) is 0 Å². The second-order valence-corrected chi connectivity index (χ2v) is 7.36. The van der Waals surface area contributed by atoms with Gasteiger partial charge in [-0.3, -0.25) is 0 Å². The standard InChI is InChI=1S/C19H34N2/c1-14(2)11-16(5)21(6)13-19(20)18-9-7-17(8-10-18)12-15(3)4/h7-10,14-16,19H,11-13,20H2,1-6H3. The van der Waals surface area contributed by atoms with Crippen LogP contribution in [0.5, 0.6) is 0 Å². The molecular weight excluding hydrogens is 256 g/mol. The normalized spacial score (nSPS) is 15.0. The highest BCUT2D eigenvalue weighted by Crippen LogP contribution is 2.17. The summed E-state index contributed by atoms with van der Waals surface area (Å²) in [6.45, 7) is 12.3. The first-order chi connectivity index (χ1) is 9.79. The van der Waals surface area contributed by atoms with E-state index in [1.165, 1.54) is 17.5 Å². The molecule has 1 rings (SSSR count). The van der Waals surface area contributed by atoms with Crippen LogP contribution in [0.1, 0.15) is 58.2 Å². The largest absolute Gasteiger partial charge is 0.323 e. The van der Waals surface area contributed by atoms with Crippen LogP contribution in [-0.2, 0) is 6.42 Å². The second-order valence-electron chi connectivity index (χ2n) is 7.36. The Hall–Kier alpha value is -0.860. The molecule has 1 aromatic carbocycles. The van der Waals surface area contributed by atoms with Crippen LogP contribution in [0.25, 0.3) is 0 Å². The molecule has 0 bridgehead atoms. The van der Waals surface area contributed by atoms with E-state index in [0.29, 0.717) is 12.0 Å². The van der Waals surface area contributed by atoms with E-state index in [1.807, 2.05) is 0 Å². The highest BCUT2D eigenvalue weighted by Gasteiger charge is 2.15. The maximum atomic E-state index is 6.37. The van der Waals surface area contributed by atoms with Gasteiger partial charge in [0.2, 0.25) is 0 Å². The van der Waals surface area contributed by atoms with Crippen molar-refractivity contribution in [2.24, 2.45) is 17.6 Å². The van der Waals surface area contributed by atoms with Crippen LogP contribution in [0.15, 0.2) is 24.3 Å². The lowest BCUT2D eigenvalue weighted by molar-refractivity contribution is 0.216. The smallest absolute Gasteiger partial charge is 0.0424 e. The van der Waals surface area contributed by atoms with Crippen molar-refractivity contribution in [2.45, 2.75) is 59.5 Å². The van der Waals surface area contributed by atoms with Gasteiger partial charge in [0.05, 0.1) is 0 Å². The lowest BCUT2D eigenvalue weighted by Gasteiger charge is -2.28. The third-order valence-electron chi connectivity index (χ3n) is 4.10. The molecule has 2 N–H and O–H groups in total. The summed E-state index contributed by atoms with van der Waals surface area (Å²) in [5.41, 5.74) is 9.02. The van der Waals surface area contributed by atoms with Gasteiger partial charge in [-0.05, 0) is 49.8 Å². The van der Waals surface area contributed by atoms with E-state index < -0.39 is 0 Å². The highest BCUT2D eigenvalue weighted by molar-refractivity contribution is 5.25. The average molecular weight is 290 g/mol. The first kappa shape index (κ1) is 18.2. The molecule has 120 valence electrons. The summed E-state index contributed by atoms with van der Waals surface area (Å²) in [5, 5.41) is 0. The van der Waals surface area contributed by atoms with Crippen molar-refractivity contribution in [3.63, 3.8) is 0 Å². The Morgan fingerprint density at radius 1 is 0.952 bits per heavy atom. The molecule has 0 heterocycles. The molecular formula is C19H34N2. The fourth-order valence-corrected chi connectivity index (χ4v) is 2.83. The van der Waals surface area contributed by atoms with E-state index in [-0.39, 0.29) is 6.04 Å². The van der Waals surface area contributed by atoms with Gasteiger partial charge in [-0.25, -0.2) is 0 Å². The topological polar surface area (TPSA) is 29.3 Å². The summed E-state index contributed by atoms with van der Waals surface area (Å²) in [6.07, 6.45) is 2.36. The predicted octanol–water partition coefficient (Wildman–Crippen LogP) is 4.25. The first-order valence-electron chi connectivity index (χ1n) is 8.34. The van der Waals surface area contributed by atoms with Gasteiger partial charge in [0.25, 0.3) is 0 Å². The van der Waals surface area contributed by atoms with Crippen LogP contribution in [0.3, 0.4) is 0 Å². The molecule has 0 saturated carbocycles. The zero-order valence-electron chi connectivity index (χ0n) is 14.8. The Kier molecular flexibility index (Phi) is 7.41. The molecule has 0 fully saturated rings. The van der Waals surface area contributed by atoms with Crippen LogP contribution in [0, 0.1) is 11.8 Å². The molecule has 2 atom stereocenters. The summed E-state index contributed by atoms with van der Waals surface area (Å²) >= 11 is 0. The van der Waals surface area contributed by atoms with Crippen LogP contribution < -0.4 is 5.73 Å². The van der Waals surface area contributed by atoms with Gasteiger partial charge < -0.3 is 10.6 Å². The third kappa shape index (κ3) is 6.62. The fraction of sp³-hybridized carbons (Fsp3) is 0.684. The van der Waals surface area contributed by atoms with Crippen LogP contribution in [-0.4, -0.2) is 24.5 Å². The summed E-state index contributed by atoms with van der Waals surface area (Å²) in [5.74, 6) is 1.43. The van der Waals surface area contributed by atoms with Gasteiger partial charge in [-0.2, -0.15) is 0 Å². The number of hydrogen-bond acceptors (Lipinski definition) is 2. The zero-order valence-corrected chi connectivity index (χ0v) is 14.8. The van der Waals surface area contributed by atoms with Crippen molar-refractivity contribution in [3.8, 4) is 0 Å². The Morgan fingerprint density at radius 3 is 2.00 bits per heavy atom. The van der Waals surface area contributed by atoms with Gasteiger partial charge in [0.1, 0.15) is 0 Å². The average Bonchev–Trinajstić information content (AvgIpc) is 2.37. The van der Waals surface area contributed by atoms with E-state index in [1.54, 1.807) is 0 Å². The molecule has 0 aliphatic carbocycles. The molecule has 21 heavy (non-hydrogen) atoms. The van der Waals surface area contributed by atoms with Crippen LogP contribution in [0.2, 0.25) is 0 Å². The minimum absolute atomic E-state index is 0.0951. The summed E-state index contributed by atoms with van der Waals surface area (Å²) in [4.78, 5) is 2.38. The minimum Gasteiger partial charge on any atom is -0.323 e. The number of nitrogens with two attached hydrogens (primary N) is 1. The van der Waals surface area contributed by atoms with Crippen molar-refractivity contribution in [1.82, 2.24) is 4.90 Å². The Bertz CT molecular complexity index is 395. The van der Waals surface area contributed by atoms with Gasteiger partial charge in [0, 0.05) is 18.6 Å². The quantitative estimate of drug-likeness (QED) is 0.775. The van der Waals surface area contributed by atoms with E-state index in [4.69, 9.17) is 5.73 Å². The fourth-order valence-electron chi connectivity index (χ4n) is 2.83. The van der Waals surface area contributed by atoms with Crippen molar-refractivity contribution < 1.29 is 0 Å². The molecule has 0 amide bonds. The number of benzene rings is 1. The molecule has 1 aromatic rings. The molecule has 0 aliphatic heterocycles. The predicted molar refractivity (Wildman–Crippen MR) is 93.5 cm³/mol. The van der Waals surface area contributed by atoms with Crippen LogP contribution in [0.4, 0.5) is 0 Å². The summed E-state index contributed by atoms with van der Waals surface area (Å²) in [6, 6.07) is 9.53. The molecule has 2 nitrogen and oxygen atoms in total. The third-order valence-corrected chi connectivity index (χ3v) is 4.10. The Morgan fingerprint density at radius 2 is 1.52 bits per heavy atom. The van der Waals surface area contributed by atoms with Crippen molar-refractivity contribution in [2.75, 3.05) is 13.6 Å². The van der Waals surface area contributed by atoms with Crippen LogP contribution >= 0.6 is 0 Å². The van der Waals surface area contributed by atoms with E-state index >= 15 is 0 Å². The zero-order chi connectivity index (χ0) is 16.0. The number of nitrogens with zero attached hydrogens (tertiary/aromatic N) is 1. The lowest BCUT2D eigenvalue weighted by atomic mass is 9.99. The SMILES string of the molecule is CC(C)Cc1ccc(C(N)CN(C)C(C)CC(C)C)cc1. The molecule has 0 aromatic heterocycles. The van der Waals surface area contributed by atoms with Gasteiger partial charge in [-0.1, -0.05) is 52.0 Å². The minimum atomic E-state index is 0.0951. The van der Waals surface area contributed by atoms with E-state index in [0.717, 1.165) is 18.9 Å². The Balaban J connectivity index is 2.56. The summed E-state index contributed by atoms with van der Waals surface area (Å²) < 4.78 is 0. The summed E-state index contributed by atoms with van der Waals surface area (Å²) in [7, 11) is 2.18. The van der Waals surface area contributed by atoms with Gasteiger partial charge in [0.15, 0.2) is 0 Å². The maximum Gasteiger partial charge on any atom is 0.0424 e. The Labute approximate surface area is 131 Å². The highest BCUT2D eigenvalue weighted by atomic mass is 15.1.